The Hall–Kier alpha value is -1.37. The number of benzene rings is 2. The van der Waals surface area contributed by atoms with Crippen LogP contribution in [0.5, 0.6) is 5.75 Å². The van der Waals surface area contributed by atoms with Crippen LogP contribution in [0, 0.1) is 0 Å². The van der Waals surface area contributed by atoms with E-state index in [-0.39, 0.29) is 17.5 Å². The SMILES string of the molecule is COc1ccc(CN(Cc2ccccc2Br)C2CCS(=O)(=O)C2)cc1. The lowest BCUT2D eigenvalue weighted by Gasteiger charge is -2.28. The maximum atomic E-state index is 11.9. The van der Waals surface area contributed by atoms with Gasteiger partial charge in [-0.05, 0) is 35.7 Å². The van der Waals surface area contributed by atoms with Crippen molar-refractivity contribution < 1.29 is 13.2 Å². The van der Waals surface area contributed by atoms with Gasteiger partial charge in [0.1, 0.15) is 5.75 Å². The van der Waals surface area contributed by atoms with E-state index in [4.69, 9.17) is 4.74 Å². The van der Waals surface area contributed by atoms with Gasteiger partial charge in [-0.1, -0.05) is 46.3 Å². The first-order valence-electron chi connectivity index (χ1n) is 8.28. The summed E-state index contributed by atoms with van der Waals surface area (Å²) in [6, 6.07) is 16.1. The molecule has 2 aromatic carbocycles. The Bertz CT molecular complexity index is 821. The van der Waals surface area contributed by atoms with Crippen molar-refractivity contribution in [2.24, 2.45) is 0 Å². The van der Waals surface area contributed by atoms with Crippen molar-refractivity contribution in [2.45, 2.75) is 25.6 Å². The molecule has 134 valence electrons. The standard InChI is InChI=1S/C19H22BrNO3S/c1-24-18-8-6-15(7-9-18)12-21(17-10-11-25(22,23)14-17)13-16-4-2-3-5-19(16)20/h2-9,17H,10-14H2,1H3. The average molecular weight is 424 g/mol. The van der Waals surface area contributed by atoms with E-state index < -0.39 is 9.84 Å². The second kappa shape index (κ2) is 7.89. The Morgan fingerprint density at radius 2 is 1.84 bits per heavy atom. The van der Waals surface area contributed by atoms with E-state index >= 15 is 0 Å². The van der Waals surface area contributed by atoms with Crippen molar-refractivity contribution in [3.8, 4) is 5.75 Å². The van der Waals surface area contributed by atoms with Crippen LogP contribution in [0.3, 0.4) is 0 Å². The number of methoxy groups -OCH3 is 1. The smallest absolute Gasteiger partial charge is 0.151 e. The molecule has 0 radical (unpaired) electrons. The minimum absolute atomic E-state index is 0.0548. The highest BCUT2D eigenvalue weighted by Crippen LogP contribution is 2.25. The molecule has 0 N–H and O–H groups in total. The number of hydrogen-bond acceptors (Lipinski definition) is 4. The molecule has 0 amide bonds. The summed E-state index contributed by atoms with van der Waals surface area (Å²) in [5, 5.41) is 0. The van der Waals surface area contributed by atoms with Gasteiger partial charge in [0.05, 0.1) is 18.6 Å². The van der Waals surface area contributed by atoms with Crippen LogP contribution >= 0.6 is 15.9 Å². The van der Waals surface area contributed by atoms with Crippen molar-refractivity contribution in [2.75, 3.05) is 18.6 Å². The Balaban J connectivity index is 1.82. The van der Waals surface area contributed by atoms with Crippen molar-refractivity contribution in [1.29, 1.82) is 0 Å². The monoisotopic (exact) mass is 423 g/mol. The topological polar surface area (TPSA) is 46.6 Å². The van der Waals surface area contributed by atoms with Crippen LogP contribution in [0.25, 0.3) is 0 Å². The number of halogens is 1. The van der Waals surface area contributed by atoms with Crippen LogP contribution in [0.4, 0.5) is 0 Å². The van der Waals surface area contributed by atoms with Gasteiger partial charge in [0, 0.05) is 23.6 Å². The number of sulfone groups is 1. The number of rotatable bonds is 6. The lowest BCUT2D eigenvalue weighted by atomic mass is 10.1. The molecule has 0 aliphatic carbocycles. The van der Waals surface area contributed by atoms with Crippen LogP contribution in [-0.4, -0.2) is 38.0 Å². The predicted molar refractivity (Wildman–Crippen MR) is 103 cm³/mol. The summed E-state index contributed by atoms with van der Waals surface area (Å²) < 4.78 is 30.2. The van der Waals surface area contributed by atoms with Gasteiger partial charge >= 0.3 is 0 Å². The highest BCUT2D eigenvalue weighted by molar-refractivity contribution is 9.10. The Morgan fingerprint density at radius 1 is 1.12 bits per heavy atom. The number of ether oxygens (including phenoxy) is 1. The molecule has 1 atom stereocenters. The molecule has 0 spiro atoms. The molecule has 6 heteroatoms. The maximum Gasteiger partial charge on any atom is 0.151 e. The Kier molecular flexibility index (Phi) is 5.81. The van der Waals surface area contributed by atoms with Gasteiger partial charge in [-0.3, -0.25) is 4.90 Å². The van der Waals surface area contributed by atoms with Crippen molar-refractivity contribution in [3.05, 3.63) is 64.1 Å². The van der Waals surface area contributed by atoms with Gasteiger partial charge in [-0.25, -0.2) is 8.42 Å². The summed E-state index contributed by atoms with van der Waals surface area (Å²) in [5.74, 6) is 1.35. The van der Waals surface area contributed by atoms with Gasteiger partial charge < -0.3 is 4.74 Å². The summed E-state index contributed by atoms with van der Waals surface area (Å²) >= 11 is 3.60. The van der Waals surface area contributed by atoms with Crippen molar-refractivity contribution in [3.63, 3.8) is 0 Å². The highest BCUT2D eigenvalue weighted by atomic mass is 79.9. The minimum Gasteiger partial charge on any atom is -0.497 e. The van der Waals surface area contributed by atoms with E-state index in [1.807, 2.05) is 42.5 Å². The van der Waals surface area contributed by atoms with Gasteiger partial charge in [0.25, 0.3) is 0 Å². The zero-order valence-electron chi connectivity index (χ0n) is 14.2. The first-order valence-corrected chi connectivity index (χ1v) is 10.9. The molecule has 1 fully saturated rings. The summed E-state index contributed by atoms with van der Waals surface area (Å²) in [6.45, 7) is 1.43. The van der Waals surface area contributed by atoms with Gasteiger partial charge in [0.2, 0.25) is 0 Å². The van der Waals surface area contributed by atoms with Crippen molar-refractivity contribution >= 4 is 25.8 Å². The lowest BCUT2D eigenvalue weighted by molar-refractivity contribution is 0.194. The largest absolute Gasteiger partial charge is 0.497 e. The summed E-state index contributed by atoms with van der Waals surface area (Å²) in [6.07, 6.45) is 0.697. The Morgan fingerprint density at radius 3 is 2.44 bits per heavy atom. The zero-order chi connectivity index (χ0) is 17.9. The lowest BCUT2D eigenvalue weighted by Crippen LogP contribution is -2.35. The van der Waals surface area contributed by atoms with Crippen LogP contribution in [0.2, 0.25) is 0 Å². The van der Waals surface area contributed by atoms with E-state index in [1.54, 1.807) is 7.11 Å². The fraction of sp³-hybridized carbons (Fsp3) is 0.368. The van der Waals surface area contributed by atoms with Crippen LogP contribution < -0.4 is 4.74 Å². The second-order valence-electron chi connectivity index (χ2n) is 6.40. The molecule has 1 unspecified atom stereocenters. The number of nitrogens with zero attached hydrogens (tertiary/aromatic N) is 1. The molecule has 0 aromatic heterocycles. The molecule has 1 aliphatic heterocycles. The third-order valence-electron chi connectivity index (χ3n) is 4.60. The van der Waals surface area contributed by atoms with E-state index in [9.17, 15) is 8.42 Å². The molecule has 3 rings (SSSR count). The quantitative estimate of drug-likeness (QED) is 0.711. The second-order valence-corrected chi connectivity index (χ2v) is 9.48. The van der Waals surface area contributed by atoms with Gasteiger partial charge in [-0.15, -0.1) is 0 Å². The molecule has 4 nitrogen and oxygen atoms in total. The molecular weight excluding hydrogens is 402 g/mol. The summed E-state index contributed by atoms with van der Waals surface area (Å²) in [7, 11) is -1.27. The van der Waals surface area contributed by atoms with Crippen LogP contribution in [-0.2, 0) is 22.9 Å². The van der Waals surface area contributed by atoms with Crippen LogP contribution in [0.15, 0.2) is 53.0 Å². The molecule has 1 heterocycles. The zero-order valence-corrected chi connectivity index (χ0v) is 16.6. The third kappa shape index (κ3) is 4.84. The summed E-state index contributed by atoms with van der Waals surface area (Å²) in [4.78, 5) is 2.27. The molecule has 0 saturated carbocycles. The first kappa shape index (κ1) is 18.4. The number of hydrogen-bond donors (Lipinski definition) is 0. The van der Waals surface area contributed by atoms with E-state index in [1.165, 1.54) is 5.56 Å². The molecule has 25 heavy (non-hydrogen) atoms. The summed E-state index contributed by atoms with van der Waals surface area (Å²) in [5.41, 5.74) is 2.32. The minimum atomic E-state index is -2.92. The third-order valence-corrected chi connectivity index (χ3v) is 7.12. The normalized spacial score (nSPS) is 19.2. The van der Waals surface area contributed by atoms with Gasteiger partial charge in [0.15, 0.2) is 9.84 Å². The van der Waals surface area contributed by atoms with E-state index in [2.05, 4.69) is 26.9 Å². The van der Waals surface area contributed by atoms with Gasteiger partial charge in [-0.2, -0.15) is 0 Å². The van der Waals surface area contributed by atoms with Crippen LogP contribution in [0.1, 0.15) is 17.5 Å². The fourth-order valence-electron chi connectivity index (χ4n) is 3.19. The fourth-order valence-corrected chi connectivity index (χ4v) is 5.36. The molecule has 2 aromatic rings. The highest BCUT2D eigenvalue weighted by Gasteiger charge is 2.32. The van der Waals surface area contributed by atoms with E-state index in [0.29, 0.717) is 19.5 Å². The molecule has 1 aliphatic rings. The molecular formula is C19H22BrNO3S. The predicted octanol–water partition coefficient (Wildman–Crippen LogP) is 3.65. The van der Waals surface area contributed by atoms with Crippen molar-refractivity contribution in [1.82, 2.24) is 4.90 Å². The Labute approximate surface area is 157 Å². The first-order chi connectivity index (χ1) is 12.0. The van der Waals surface area contributed by atoms with E-state index in [0.717, 1.165) is 15.8 Å². The molecule has 0 bridgehead atoms. The maximum absolute atomic E-state index is 11.9. The average Bonchev–Trinajstić information content (AvgIpc) is 2.97. The molecule has 1 saturated heterocycles.